The van der Waals surface area contributed by atoms with Crippen molar-refractivity contribution in [2.75, 3.05) is 0 Å². The molecule has 0 aliphatic heterocycles. The van der Waals surface area contributed by atoms with Crippen molar-refractivity contribution in [1.82, 2.24) is 24.1 Å². The van der Waals surface area contributed by atoms with Crippen molar-refractivity contribution in [3.63, 3.8) is 0 Å². The van der Waals surface area contributed by atoms with Crippen molar-refractivity contribution in [3.8, 4) is 56.3 Å². The first-order valence-electron chi connectivity index (χ1n) is 22.5. The number of hydrogen-bond donors (Lipinski definition) is 1. The molecular weight excluding hydrogens is 791 g/mol. The van der Waals surface area contributed by atoms with E-state index >= 15 is 0 Å². The van der Waals surface area contributed by atoms with Gasteiger partial charge in [0.05, 0.1) is 27.6 Å². The zero-order valence-corrected chi connectivity index (χ0v) is 37.5. The Morgan fingerprint density at radius 1 is 0.431 bits per heavy atom. The first-order valence-corrected chi connectivity index (χ1v) is 22.5. The topological polar surface area (TPSA) is 51.4 Å². The van der Waals surface area contributed by atoms with Crippen molar-refractivity contribution in [2.24, 2.45) is 0 Å². The van der Waals surface area contributed by atoms with Crippen LogP contribution in [0, 0.1) is 41.5 Å². The Morgan fingerprint density at radius 2 is 1.09 bits per heavy atom. The van der Waals surface area contributed by atoms with Gasteiger partial charge in [0, 0.05) is 50.1 Å². The molecule has 5 heteroatoms. The van der Waals surface area contributed by atoms with Crippen LogP contribution in [0.1, 0.15) is 33.4 Å². The maximum atomic E-state index is 5.74. The van der Waals surface area contributed by atoms with Gasteiger partial charge in [0.1, 0.15) is 11.6 Å². The van der Waals surface area contributed by atoms with Crippen LogP contribution < -0.4 is 0 Å². The van der Waals surface area contributed by atoms with E-state index < -0.39 is 0 Å². The molecule has 12 rings (SSSR count). The highest BCUT2D eigenvalue weighted by molar-refractivity contribution is 6.14. The molecule has 0 aliphatic carbocycles. The van der Waals surface area contributed by atoms with E-state index in [0.717, 1.165) is 72.7 Å². The lowest BCUT2D eigenvalue weighted by Crippen LogP contribution is -1.98. The molecule has 0 unspecified atom stereocenters. The molecule has 8 aromatic carbocycles. The van der Waals surface area contributed by atoms with Crippen LogP contribution in [0.3, 0.4) is 0 Å². The van der Waals surface area contributed by atoms with Gasteiger partial charge in [-0.05, 0) is 158 Å². The maximum Gasteiger partial charge on any atom is 0.147 e. The Labute approximate surface area is 378 Å². The molecule has 0 saturated carbocycles. The molecule has 5 nitrogen and oxygen atoms in total. The number of benzene rings is 8. The van der Waals surface area contributed by atoms with E-state index in [1.807, 2.05) is 12.3 Å². The number of para-hydroxylation sites is 3. The number of aryl methyl sites for hydroxylation is 6. The molecule has 0 aliphatic rings. The number of hydrogen-bond acceptors (Lipinski definition) is 2. The normalized spacial score (nSPS) is 11.8. The Kier molecular flexibility index (Phi) is 8.79. The quantitative estimate of drug-likeness (QED) is 0.181. The average Bonchev–Trinajstić information content (AvgIpc) is 3.98. The van der Waals surface area contributed by atoms with Crippen LogP contribution in [0.25, 0.3) is 111 Å². The molecule has 0 amide bonds. The first kappa shape index (κ1) is 38.6. The molecule has 65 heavy (non-hydrogen) atoms. The van der Waals surface area contributed by atoms with Gasteiger partial charge in [0.25, 0.3) is 0 Å². The van der Waals surface area contributed by atoms with Crippen LogP contribution in [0.4, 0.5) is 0 Å². The SMILES string of the molecule is Cc1cc(C)c(-c2ccc3c(c2)c2ccc(-c4cc(-c5c(C)cc(C)cc5C)cc5c4nc(-c4cccc6c4[nH]c4ccccc46)n5-c4ccccc4)cc2n3-c2ccccn2)c(C)c1. The highest BCUT2D eigenvalue weighted by Gasteiger charge is 2.24. The molecule has 0 radical (unpaired) electrons. The van der Waals surface area contributed by atoms with E-state index in [1.54, 1.807) is 0 Å². The van der Waals surface area contributed by atoms with Gasteiger partial charge < -0.3 is 4.98 Å². The fraction of sp³-hybridized carbons (Fsp3) is 0.100. The molecule has 0 atom stereocenters. The third-order valence-electron chi connectivity index (χ3n) is 13.4. The Balaban J connectivity index is 1.18. The molecular formula is C60H47N5. The van der Waals surface area contributed by atoms with Crippen LogP contribution in [0.5, 0.6) is 0 Å². The summed E-state index contributed by atoms with van der Waals surface area (Å²) in [5.74, 6) is 1.77. The molecule has 12 aromatic rings. The lowest BCUT2D eigenvalue weighted by atomic mass is 9.90. The second kappa shape index (κ2) is 14.8. The van der Waals surface area contributed by atoms with E-state index in [4.69, 9.17) is 9.97 Å². The monoisotopic (exact) mass is 837 g/mol. The molecule has 0 bridgehead atoms. The number of fused-ring (bicyclic) bond motifs is 7. The Morgan fingerprint density at radius 3 is 1.83 bits per heavy atom. The largest absolute Gasteiger partial charge is 0.354 e. The van der Waals surface area contributed by atoms with Crippen LogP contribution >= 0.6 is 0 Å². The van der Waals surface area contributed by atoms with E-state index in [0.29, 0.717) is 0 Å². The van der Waals surface area contributed by atoms with Gasteiger partial charge in [-0.2, -0.15) is 0 Å². The van der Waals surface area contributed by atoms with Gasteiger partial charge >= 0.3 is 0 Å². The number of rotatable bonds is 6. The van der Waals surface area contributed by atoms with Crippen molar-refractivity contribution in [2.45, 2.75) is 41.5 Å². The number of aromatic amines is 1. The lowest BCUT2D eigenvalue weighted by Gasteiger charge is -2.16. The van der Waals surface area contributed by atoms with Gasteiger partial charge in [-0.3, -0.25) is 9.13 Å². The average molecular weight is 838 g/mol. The number of aromatic nitrogens is 5. The van der Waals surface area contributed by atoms with E-state index in [1.165, 1.54) is 71.6 Å². The Bertz CT molecular complexity index is 3840. The molecule has 0 fully saturated rings. The van der Waals surface area contributed by atoms with Crippen molar-refractivity contribution < 1.29 is 0 Å². The van der Waals surface area contributed by atoms with Gasteiger partial charge in [0.15, 0.2) is 0 Å². The molecule has 4 heterocycles. The second-order valence-electron chi connectivity index (χ2n) is 17.9. The van der Waals surface area contributed by atoms with E-state index in [-0.39, 0.29) is 0 Å². The van der Waals surface area contributed by atoms with Crippen molar-refractivity contribution >= 4 is 54.6 Å². The highest BCUT2D eigenvalue weighted by Crippen LogP contribution is 2.44. The summed E-state index contributed by atoms with van der Waals surface area (Å²) in [6, 6.07) is 59.8. The molecule has 312 valence electrons. The minimum absolute atomic E-state index is 0.881. The van der Waals surface area contributed by atoms with Crippen LogP contribution in [0.2, 0.25) is 0 Å². The van der Waals surface area contributed by atoms with Crippen molar-refractivity contribution in [1.29, 1.82) is 0 Å². The summed E-state index contributed by atoms with van der Waals surface area (Å²) in [7, 11) is 0. The standard InChI is InChI=1S/C60H47N5/c1-35-27-37(3)56(38(4)28-35)42-23-25-52-50(31-42)46-24-22-41(33-53(46)65(52)55-21-12-13-26-61-55)49-32-43(57-39(5)29-36(2)30-40(57)6)34-54-59(49)63-60(64(54)44-15-8-7-9-16-44)48-19-14-18-47-45-17-10-11-20-51(45)62-58(47)48/h7-34,62H,1-6H3. The summed E-state index contributed by atoms with van der Waals surface area (Å²) in [4.78, 5) is 14.5. The Hall–Kier alpha value is -8.02. The third kappa shape index (κ3) is 6.14. The number of imidazole rings is 1. The minimum atomic E-state index is 0.881. The predicted molar refractivity (Wildman–Crippen MR) is 273 cm³/mol. The summed E-state index contributed by atoms with van der Waals surface area (Å²) in [6.07, 6.45) is 1.88. The van der Waals surface area contributed by atoms with Crippen LogP contribution in [0.15, 0.2) is 170 Å². The zero-order valence-electron chi connectivity index (χ0n) is 37.5. The summed E-state index contributed by atoms with van der Waals surface area (Å²) in [6.45, 7) is 13.3. The minimum Gasteiger partial charge on any atom is -0.354 e. The van der Waals surface area contributed by atoms with Gasteiger partial charge in [-0.25, -0.2) is 9.97 Å². The summed E-state index contributed by atoms with van der Waals surface area (Å²) < 4.78 is 4.69. The number of nitrogens with zero attached hydrogens (tertiary/aromatic N) is 4. The zero-order chi connectivity index (χ0) is 44.1. The van der Waals surface area contributed by atoms with Crippen LogP contribution in [-0.2, 0) is 0 Å². The smallest absolute Gasteiger partial charge is 0.147 e. The lowest BCUT2D eigenvalue weighted by molar-refractivity contribution is 1.08. The molecule has 0 saturated heterocycles. The highest BCUT2D eigenvalue weighted by atomic mass is 15.1. The summed E-state index contributed by atoms with van der Waals surface area (Å²) in [5, 5.41) is 4.76. The number of H-pyrrole nitrogens is 1. The van der Waals surface area contributed by atoms with E-state index in [9.17, 15) is 0 Å². The second-order valence-corrected chi connectivity index (χ2v) is 17.9. The summed E-state index contributed by atoms with van der Waals surface area (Å²) in [5.41, 5.74) is 23.2. The maximum absolute atomic E-state index is 5.74. The van der Waals surface area contributed by atoms with Crippen LogP contribution in [-0.4, -0.2) is 24.1 Å². The molecule has 4 aromatic heterocycles. The van der Waals surface area contributed by atoms with E-state index in [2.05, 4.69) is 213 Å². The fourth-order valence-corrected chi connectivity index (χ4v) is 11.0. The number of pyridine rings is 1. The third-order valence-corrected chi connectivity index (χ3v) is 13.4. The van der Waals surface area contributed by atoms with Gasteiger partial charge in [0.2, 0.25) is 0 Å². The van der Waals surface area contributed by atoms with Crippen molar-refractivity contribution in [3.05, 3.63) is 203 Å². The predicted octanol–water partition coefficient (Wildman–Crippen LogP) is 15.7. The molecule has 0 spiro atoms. The van der Waals surface area contributed by atoms with Gasteiger partial charge in [-0.15, -0.1) is 0 Å². The molecule has 1 N–H and O–H groups in total. The van der Waals surface area contributed by atoms with Gasteiger partial charge in [-0.1, -0.05) is 108 Å². The first-order chi connectivity index (χ1) is 31.7. The number of nitrogens with one attached hydrogen (secondary N) is 1. The fourth-order valence-electron chi connectivity index (χ4n) is 11.0. The summed E-state index contributed by atoms with van der Waals surface area (Å²) >= 11 is 0.